The van der Waals surface area contributed by atoms with E-state index in [1.165, 1.54) is 0 Å². The Morgan fingerprint density at radius 2 is 1.69 bits per heavy atom. The molecule has 0 bridgehead atoms. The fourth-order valence-corrected chi connectivity index (χ4v) is 3.33. The van der Waals surface area contributed by atoms with Crippen molar-refractivity contribution in [2.45, 2.75) is 52.4 Å². The number of benzene rings is 2. The molecule has 0 aromatic heterocycles. The molecule has 7 heteroatoms. The standard InChI is InChI=1S/C22H31BN2O4/c1-15-13-16(23-28-21(2,3)22(4,5)29-23)11-12-19(15)27-14-17-18(25(6)24)9-8-10-20(17)26-7/h8-13H,14,24H2,1-7H3. The number of hydrogen-bond donors (Lipinski definition) is 1. The van der Waals surface area contributed by atoms with E-state index in [2.05, 4.69) is 33.8 Å². The molecule has 0 saturated carbocycles. The molecule has 6 nitrogen and oxygen atoms in total. The van der Waals surface area contributed by atoms with Gasteiger partial charge in [0.05, 0.1) is 29.6 Å². The minimum absolute atomic E-state index is 0.345. The van der Waals surface area contributed by atoms with Gasteiger partial charge in [-0.2, -0.15) is 0 Å². The maximum atomic E-state index is 6.15. The predicted molar refractivity (Wildman–Crippen MR) is 117 cm³/mol. The average molecular weight is 398 g/mol. The van der Waals surface area contributed by atoms with Crippen LogP contribution in [-0.2, 0) is 15.9 Å². The summed E-state index contributed by atoms with van der Waals surface area (Å²) in [5.41, 5.74) is 3.01. The molecule has 2 N–H and O–H groups in total. The Kier molecular flexibility index (Phi) is 5.85. The Hall–Kier alpha value is -2.22. The number of hydrogen-bond acceptors (Lipinski definition) is 6. The van der Waals surface area contributed by atoms with Crippen molar-refractivity contribution in [2.24, 2.45) is 5.84 Å². The third-order valence-corrected chi connectivity index (χ3v) is 5.80. The molecule has 1 aliphatic rings. The lowest BCUT2D eigenvalue weighted by Crippen LogP contribution is -2.41. The number of anilines is 1. The Morgan fingerprint density at radius 1 is 1.03 bits per heavy atom. The fourth-order valence-electron chi connectivity index (χ4n) is 3.33. The van der Waals surface area contributed by atoms with Crippen LogP contribution < -0.4 is 25.8 Å². The maximum Gasteiger partial charge on any atom is 0.494 e. The summed E-state index contributed by atoms with van der Waals surface area (Å²) < 4.78 is 23.9. The molecule has 0 unspecified atom stereocenters. The van der Waals surface area contributed by atoms with E-state index in [0.29, 0.717) is 6.61 Å². The SMILES string of the molecule is COc1cccc(N(C)N)c1COc1ccc(B2OC(C)(C)C(C)(C)O2)cc1C. The van der Waals surface area contributed by atoms with E-state index in [1.54, 1.807) is 19.2 Å². The van der Waals surface area contributed by atoms with Crippen LogP contribution >= 0.6 is 0 Å². The lowest BCUT2D eigenvalue weighted by molar-refractivity contribution is 0.00578. The van der Waals surface area contributed by atoms with Crippen LogP contribution in [0.4, 0.5) is 5.69 Å². The van der Waals surface area contributed by atoms with Crippen LogP contribution in [0.15, 0.2) is 36.4 Å². The second-order valence-electron chi connectivity index (χ2n) is 8.47. The minimum Gasteiger partial charge on any atom is -0.496 e. The summed E-state index contributed by atoms with van der Waals surface area (Å²) >= 11 is 0. The van der Waals surface area contributed by atoms with Crippen LogP contribution in [0.5, 0.6) is 11.5 Å². The molecular formula is C22H31BN2O4. The zero-order chi connectivity index (χ0) is 21.4. The van der Waals surface area contributed by atoms with Crippen molar-refractivity contribution >= 4 is 18.3 Å². The molecule has 2 aromatic rings. The van der Waals surface area contributed by atoms with Crippen LogP contribution in [0, 0.1) is 6.92 Å². The summed E-state index contributed by atoms with van der Waals surface area (Å²) in [7, 11) is 3.05. The molecular weight excluding hydrogens is 367 g/mol. The van der Waals surface area contributed by atoms with Gasteiger partial charge < -0.3 is 23.8 Å². The molecule has 1 fully saturated rings. The van der Waals surface area contributed by atoms with Crippen molar-refractivity contribution in [2.75, 3.05) is 19.2 Å². The number of methoxy groups -OCH3 is 1. The first kappa shape index (κ1) is 21.5. The van der Waals surface area contributed by atoms with E-state index >= 15 is 0 Å². The zero-order valence-electron chi connectivity index (χ0n) is 18.4. The monoisotopic (exact) mass is 398 g/mol. The van der Waals surface area contributed by atoms with Gasteiger partial charge in [0.15, 0.2) is 0 Å². The van der Waals surface area contributed by atoms with E-state index in [9.17, 15) is 0 Å². The number of ether oxygens (including phenoxy) is 2. The lowest BCUT2D eigenvalue weighted by Gasteiger charge is -2.32. The molecule has 2 aromatic carbocycles. The predicted octanol–water partition coefficient (Wildman–Crippen LogP) is 3.19. The normalized spacial score (nSPS) is 17.3. The summed E-state index contributed by atoms with van der Waals surface area (Å²) in [5, 5.41) is 1.56. The molecule has 1 saturated heterocycles. The molecule has 0 spiro atoms. The van der Waals surface area contributed by atoms with Gasteiger partial charge in [0, 0.05) is 7.05 Å². The van der Waals surface area contributed by atoms with Gasteiger partial charge in [-0.05, 0) is 63.8 Å². The summed E-state index contributed by atoms with van der Waals surface area (Å²) in [4.78, 5) is 0. The Balaban J connectivity index is 1.78. The summed E-state index contributed by atoms with van der Waals surface area (Å²) in [6.45, 7) is 10.6. The smallest absolute Gasteiger partial charge is 0.494 e. The third-order valence-electron chi connectivity index (χ3n) is 5.80. The first-order chi connectivity index (χ1) is 13.6. The number of rotatable bonds is 6. The molecule has 3 rings (SSSR count). The van der Waals surface area contributed by atoms with E-state index in [4.69, 9.17) is 24.6 Å². The van der Waals surface area contributed by atoms with Gasteiger partial charge in [0.1, 0.15) is 18.1 Å². The van der Waals surface area contributed by atoms with Crippen LogP contribution in [0.2, 0.25) is 0 Å². The van der Waals surface area contributed by atoms with E-state index < -0.39 is 0 Å². The topological polar surface area (TPSA) is 66.2 Å². The van der Waals surface area contributed by atoms with Crippen molar-refractivity contribution in [3.8, 4) is 11.5 Å². The molecule has 29 heavy (non-hydrogen) atoms. The van der Waals surface area contributed by atoms with Gasteiger partial charge in [-0.1, -0.05) is 18.2 Å². The van der Waals surface area contributed by atoms with Gasteiger partial charge >= 0.3 is 7.12 Å². The van der Waals surface area contributed by atoms with Crippen molar-refractivity contribution in [1.29, 1.82) is 0 Å². The minimum atomic E-state index is -0.389. The zero-order valence-corrected chi connectivity index (χ0v) is 18.4. The largest absolute Gasteiger partial charge is 0.496 e. The van der Waals surface area contributed by atoms with Crippen molar-refractivity contribution in [3.63, 3.8) is 0 Å². The van der Waals surface area contributed by atoms with Crippen LogP contribution in [0.3, 0.4) is 0 Å². The lowest BCUT2D eigenvalue weighted by atomic mass is 9.78. The first-order valence-electron chi connectivity index (χ1n) is 9.79. The van der Waals surface area contributed by atoms with Gasteiger partial charge in [-0.3, -0.25) is 0 Å². The van der Waals surface area contributed by atoms with E-state index in [0.717, 1.165) is 33.8 Å². The van der Waals surface area contributed by atoms with Gasteiger partial charge in [0.2, 0.25) is 0 Å². The van der Waals surface area contributed by atoms with Crippen LogP contribution in [0.25, 0.3) is 0 Å². The second-order valence-corrected chi connectivity index (χ2v) is 8.47. The average Bonchev–Trinajstić information content (AvgIpc) is 2.87. The highest BCUT2D eigenvalue weighted by Gasteiger charge is 2.51. The Morgan fingerprint density at radius 3 is 2.24 bits per heavy atom. The fraction of sp³-hybridized carbons (Fsp3) is 0.455. The number of aryl methyl sites for hydroxylation is 1. The first-order valence-corrected chi connectivity index (χ1v) is 9.79. The van der Waals surface area contributed by atoms with E-state index in [1.807, 2.05) is 37.3 Å². The van der Waals surface area contributed by atoms with Crippen LogP contribution in [0.1, 0.15) is 38.8 Å². The molecule has 0 aliphatic carbocycles. The highest BCUT2D eigenvalue weighted by Crippen LogP contribution is 2.37. The summed E-state index contributed by atoms with van der Waals surface area (Å²) in [6.07, 6.45) is 0. The molecule has 1 aliphatic heterocycles. The quantitative estimate of drug-likeness (QED) is 0.458. The Labute approximate surface area is 174 Å². The summed E-state index contributed by atoms with van der Waals surface area (Å²) in [6, 6.07) is 11.7. The van der Waals surface area contributed by atoms with E-state index in [-0.39, 0.29) is 18.3 Å². The molecule has 156 valence electrons. The number of nitrogens with zero attached hydrogens (tertiary/aromatic N) is 1. The van der Waals surface area contributed by atoms with Crippen molar-refractivity contribution in [3.05, 3.63) is 47.5 Å². The summed E-state index contributed by atoms with van der Waals surface area (Å²) in [5.74, 6) is 7.50. The van der Waals surface area contributed by atoms with Gasteiger partial charge in [-0.15, -0.1) is 0 Å². The van der Waals surface area contributed by atoms with Crippen molar-refractivity contribution in [1.82, 2.24) is 0 Å². The maximum absolute atomic E-state index is 6.15. The highest BCUT2D eigenvalue weighted by molar-refractivity contribution is 6.62. The molecule has 0 atom stereocenters. The highest BCUT2D eigenvalue weighted by atomic mass is 16.7. The number of nitrogens with two attached hydrogens (primary N) is 1. The van der Waals surface area contributed by atoms with Crippen LogP contribution in [-0.4, -0.2) is 32.5 Å². The molecule has 0 amide bonds. The van der Waals surface area contributed by atoms with Crippen molar-refractivity contribution < 1.29 is 18.8 Å². The molecule has 0 radical (unpaired) electrons. The Bertz CT molecular complexity index is 867. The van der Waals surface area contributed by atoms with Gasteiger partial charge in [0.25, 0.3) is 0 Å². The molecule has 1 heterocycles. The van der Waals surface area contributed by atoms with Gasteiger partial charge in [-0.25, -0.2) is 5.84 Å². The second kappa shape index (κ2) is 7.90. The number of hydrazine groups is 1. The third kappa shape index (κ3) is 4.22.